The van der Waals surface area contributed by atoms with Crippen molar-refractivity contribution in [1.82, 2.24) is 25.3 Å². The van der Waals surface area contributed by atoms with Gasteiger partial charge in [-0.15, -0.1) is 0 Å². The van der Waals surface area contributed by atoms with Gasteiger partial charge in [-0.1, -0.05) is 11.2 Å². The number of nitrogens with one attached hydrogen (secondary N) is 1. The second-order valence-electron chi connectivity index (χ2n) is 6.04. The summed E-state index contributed by atoms with van der Waals surface area (Å²) in [6.45, 7) is 5.20. The summed E-state index contributed by atoms with van der Waals surface area (Å²) in [7, 11) is 0. The summed E-state index contributed by atoms with van der Waals surface area (Å²) < 4.78 is 5.17. The topological polar surface area (TPSA) is 101 Å². The molecule has 8 nitrogen and oxygen atoms in total. The van der Waals surface area contributed by atoms with Crippen LogP contribution in [0.1, 0.15) is 36.8 Å². The van der Waals surface area contributed by atoms with Gasteiger partial charge in [0.15, 0.2) is 5.82 Å². The van der Waals surface area contributed by atoms with Crippen molar-refractivity contribution in [3.63, 3.8) is 0 Å². The van der Waals surface area contributed by atoms with Crippen molar-refractivity contribution in [2.45, 2.75) is 39.3 Å². The van der Waals surface area contributed by atoms with Crippen LogP contribution in [0.15, 0.2) is 22.9 Å². The molecule has 1 saturated heterocycles. The summed E-state index contributed by atoms with van der Waals surface area (Å²) in [6.07, 6.45) is 2.20. The molecule has 1 N–H and O–H groups in total. The van der Waals surface area contributed by atoms with Gasteiger partial charge < -0.3 is 9.84 Å². The van der Waals surface area contributed by atoms with Gasteiger partial charge in [0, 0.05) is 11.9 Å². The number of imide groups is 1. The number of aromatic nitrogens is 3. The lowest BCUT2D eigenvalue weighted by molar-refractivity contribution is -0.130. The van der Waals surface area contributed by atoms with Gasteiger partial charge in [0.05, 0.1) is 13.0 Å². The first kappa shape index (κ1) is 15.1. The highest BCUT2D eigenvalue weighted by molar-refractivity contribution is 6.06. The first-order chi connectivity index (χ1) is 10.8. The molecule has 0 radical (unpaired) electrons. The number of aryl methyl sites for hydroxylation is 1. The number of carbonyl (C=O) groups excluding carboxylic acids is 2. The average Bonchev–Trinajstić information content (AvgIpc) is 3.00. The fourth-order valence-corrected chi connectivity index (χ4v) is 2.31. The van der Waals surface area contributed by atoms with Crippen molar-refractivity contribution in [3.8, 4) is 0 Å². The van der Waals surface area contributed by atoms with Gasteiger partial charge >= 0.3 is 6.03 Å². The maximum absolute atomic E-state index is 12.1. The molecule has 8 heteroatoms. The molecule has 0 saturated carbocycles. The maximum Gasteiger partial charge on any atom is 0.325 e. The van der Waals surface area contributed by atoms with E-state index in [1.807, 2.05) is 19.1 Å². The van der Waals surface area contributed by atoms with Crippen LogP contribution in [-0.2, 0) is 17.8 Å². The molecule has 1 fully saturated rings. The van der Waals surface area contributed by atoms with Crippen molar-refractivity contribution in [2.24, 2.45) is 0 Å². The summed E-state index contributed by atoms with van der Waals surface area (Å²) in [5.74, 6) is 0.398. The Morgan fingerprint density at radius 3 is 2.70 bits per heavy atom. The minimum atomic E-state index is -0.906. The molecule has 0 unspecified atom stereocenters. The van der Waals surface area contributed by atoms with Gasteiger partial charge in [-0.3, -0.25) is 14.7 Å². The fourth-order valence-electron chi connectivity index (χ4n) is 2.31. The molecule has 2 aromatic heterocycles. The molecular weight excluding hydrogens is 298 g/mol. The molecule has 0 atom stereocenters. The summed E-state index contributed by atoms with van der Waals surface area (Å²) in [5.41, 5.74) is 0.972. The van der Waals surface area contributed by atoms with Crippen LogP contribution in [0.5, 0.6) is 0 Å². The third kappa shape index (κ3) is 3.05. The van der Waals surface area contributed by atoms with E-state index < -0.39 is 11.6 Å². The van der Waals surface area contributed by atoms with Crippen LogP contribution in [0, 0.1) is 6.92 Å². The molecule has 0 bridgehead atoms. The molecule has 0 spiro atoms. The van der Waals surface area contributed by atoms with Gasteiger partial charge in [0.2, 0.25) is 5.89 Å². The lowest BCUT2D eigenvalue weighted by Crippen LogP contribution is -2.40. The molecule has 120 valence electrons. The SMILES string of the molecule is Cc1ccc(Cc2nc(CN3C(=O)NC(C)(C)C3=O)no2)cn1. The van der Waals surface area contributed by atoms with Gasteiger partial charge in [0.1, 0.15) is 5.54 Å². The number of hydrogen-bond donors (Lipinski definition) is 1. The van der Waals surface area contributed by atoms with Gasteiger partial charge in [0.25, 0.3) is 5.91 Å². The lowest BCUT2D eigenvalue weighted by atomic mass is 10.1. The third-order valence-corrected chi connectivity index (χ3v) is 3.58. The highest BCUT2D eigenvalue weighted by atomic mass is 16.5. The van der Waals surface area contributed by atoms with E-state index in [-0.39, 0.29) is 12.5 Å². The molecule has 1 aliphatic heterocycles. The monoisotopic (exact) mass is 315 g/mol. The summed E-state index contributed by atoms with van der Waals surface area (Å²) in [6, 6.07) is 3.39. The van der Waals surface area contributed by atoms with Gasteiger partial charge in [-0.25, -0.2) is 4.79 Å². The highest BCUT2D eigenvalue weighted by Gasteiger charge is 2.44. The second-order valence-corrected chi connectivity index (χ2v) is 6.04. The number of urea groups is 1. The van der Waals surface area contributed by atoms with E-state index in [4.69, 9.17) is 4.52 Å². The molecule has 0 aromatic carbocycles. The van der Waals surface area contributed by atoms with Gasteiger partial charge in [-0.2, -0.15) is 4.98 Å². The Hall–Kier alpha value is -2.77. The van der Waals surface area contributed by atoms with Crippen molar-refractivity contribution in [3.05, 3.63) is 41.3 Å². The van der Waals surface area contributed by atoms with Crippen LogP contribution in [0.2, 0.25) is 0 Å². The molecule has 23 heavy (non-hydrogen) atoms. The third-order valence-electron chi connectivity index (χ3n) is 3.58. The summed E-state index contributed by atoms with van der Waals surface area (Å²) in [5, 5.41) is 6.44. The highest BCUT2D eigenvalue weighted by Crippen LogP contribution is 2.18. The van der Waals surface area contributed by atoms with E-state index in [9.17, 15) is 9.59 Å². The zero-order valence-electron chi connectivity index (χ0n) is 13.2. The van der Waals surface area contributed by atoms with E-state index in [1.165, 1.54) is 0 Å². The molecule has 3 rings (SSSR count). The number of hydrogen-bond acceptors (Lipinski definition) is 6. The predicted octanol–water partition coefficient (Wildman–Crippen LogP) is 1.19. The Morgan fingerprint density at radius 2 is 2.09 bits per heavy atom. The molecular formula is C15H17N5O3. The van der Waals surface area contributed by atoms with Crippen LogP contribution < -0.4 is 5.32 Å². The first-order valence-electron chi connectivity index (χ1n) is 7.22. The number of carbonyl (C=O) groups is 2. The smallest absolute Gasteiger partial charge is 0.325 e. The van der Waals surface area contributed by atoms with Crippen LogP contribution in [0.3, 0.4) is 0 Å². The van der Waals surface area contributed by atoms with Crippen LogP contribution >= 0.6 is 0 Å². The normalized spacial score (nSPS) is 16.7. The Morgan fingerprint density at radius 1 is 1.30 bits per heavy atom. The minimum absolute atomic E-state index is 0.0102. The molecule has 3 amide bonds. The van der Waals surface area contributed by atoms with Crippen LogP contribution in [0.4, 0.5) is 4.79 Å². The number of pyridine rings is 1. The predicted molar refractivity (Wildman–Crippen MR) is 79.2 cm³/mol. The standard InChI is InChI=1S/C15H17N5O3/c1-9-4-5-10(7-16-9)6-12-17-11(19-23-12)8-20-13(21)15(2,3)18-14(20)22/h4-5,7H,6,8H2,1-3H3,(H,18,22). The van der Waals surface area contributed by atoms with E-state index in [0.29, 0.717) is 18.1 Å². The second kappa shape index (κ2) is 5.45. The molecule has 3 heterocycles. The van der Waals surface area contributed by atoms with Crippen LogP contribution in [0.25, 0.3) is 0 Å². The van der Waals surface area contributed by atoms with Crippen molar-refractivity contribution in [1.29, 1.82) is 0 Å². The number of amides is 3. The number of rotatable bonds is 4. The molecule has 1 aliphatic rings. The van der Waals surface area contributed by atoms with Gasteiger partial charge in [-0.05, 0) is 32.4 Å². The summed E-state index contributed by atoms with van der Waals surface area (Å²) in [4.78, 5) is 33.5. The first-order valence-corrected chi connectivity index (χ1v) is 7.22. The Balaban J connectivity index is 1.69. The largest absolute Gasteiger partial charge is 0.339 e. The van der Waals surface area contributed by atoms with E-state index in [1.54, 1.807) is 20.0 Å². The Bertz CT molecular complexity index is 751. The van der Waals surface area contributed by atoms with Crippen molar-refractivity contribution in [2.75, 3.05) is 0 Å². The van der Waals surface area contributed by atoms with E-state index >= 15 is 0 Å². The Kier molecular flexibility index (Phi) is 3.59. The zero-order valence-corrected chi connectivity index (χ0v) is 13.2. The molecule has 2 aromatic rings. The minimum Gasteiger partial charge on any atom is -0.339 e. The Labute approximate surface area is 132 Å². The van der Waals surface area contributed by atoms with Crippen molar-refractivity contribution < 1.29 is 14.1 Å². The summed E-state index contributed by atoms with van der Waals surface area (Å²) >= 11 is 0. The maximum atomic E-state index is 12.1. The lowest BCUT2D eigenvalue weighted by Gasteiger charge is -2.14. The van der Waals surface area contributed by atoms with E-state index in [0.717, 1.165) is 16.2 Å². The average molecular weight is 315 g/mol. The zero-order chi connectivity index (χ0) is 16.6. The van der Waals surface area contributed by atoms with Crippen LogP contribution in [-0.4, -0.2) is 37.5 Å². The molecule has 0 aliphatic carbocycles. The van der Waals surface area contributed by atoms with Crippen molar-refractivity contribution >= 4 is 11.9 Å². The fraction of sp³-hybridized carbons (Fsp3) is 0.400. The number of nitrogens with zero attached hydrogens (tertiary/aromatic N) is 4. The van der Waals surface area contributed by atoms with E-state index in [2.05, 4.69) is 20.4 Å². The quantitative estimate of drug-likeness (QED) is 0.851.